The lowest BCUT2D eigenvalue weighted by molar-refractivity contribution is 0.319. The Bertz CT molecular complexity index is 642. The van der Waals surface area contributed by atoms with Crippen LogP contribution in [-0.4, -0.2) is 0 Å². The molecule has 0 N–H and O–H groups in total. The SMILES string of the molecule is CCCCC1Cc2ccccc2C12CCc1ccccc12. The maximum atomic E-state index is 2.41. The number of aryl methyl sites for hydroxylation is 1. The summed E-state index contributed by atoms with van der Waals surface area (Å²) in [4.78, 5) is 0. The summed E-state index contributed by atoms with van der Waals surface area (Å²) >= 11 is 0. The number of fused-ring (bicyclic) bond motifs is 4. The van der Waals surface area contributed by atoms with Crippen LogP contribution in [0.15, 0.2) is 48.5 Å². The van der Waals surface area contributed by atoms with Gasteiger partial charge in [0.05, 0.1) is 0 Å². The van der Waals surface area contributed by atoms with Gasteiger partial charge in [-0.05, 0) is 53.9 Å². The molecule has 21 heavy (non-hydrogen) atoms. The molecule has 2 aromatic rings. The van der Waals surface area contributed by atoms with Crippen LogP contribution in [0.2, 0.25) is 0 Å². The van der Waals surface area contributed by atoms with Crippen LogP contribution in [-0.2, 0) is 18.3 Å². The van der Waals surface area contributed by atoms with Gasteiger partial charge in [-0.15, -0.1) is 0 Å². The van der Waals surface area contributed by atoms with Gasteiger partial charge in [0.1, 0.15) is 0 Å². The van der Waals surface area contributed by atoms with Gasteiger partial charge in [0, 0.05) is 5.41 Å². The van der Waals surface area contributed by atoms with Gasteiger partial charge in [-0.3, -0.25) is 0 Å². The normalized spacial score (nSPS) is 26.0. The highest BCUT2D eigenvalue weighted by Crippen LogP contribution is 2.56. The van der Waals surface area contributed by atoms with Crippen LogP contribution < -0.4 is 0 Å². The minimum atomic E-state index is 0.322. The lowest BCUT2D eigenvalue weighted by Crippen LogP contribution is -2.30. The Morgan fingerprint density at radius 2 is 1.62 bits per heavy atom. The average molecular weight is 276 g/mol. The Hall–Kier alpha value is -1.56. The van der Waals surface area contributed by atoms with Crippen molar-refractivity contribution >= 4 is 0 Å². The van der Waals surface area contributed by atoms with Crippen molar-refractivity contribution in [2.24, 2.45) is 5.92 Å². The van der Waals surface area contributed by atoms with Crippen LogP contribution >= 0.6 is 0 Å². The first-order valence-corrected chi connectivity index (χ1v) is 8.53. The fourth-order valence-corrected chi connectivity index (χ4v) is 4.94. The summed E-state index contributed by atoms with van der Waals surface area (Å²) in [7, 11) is 0. The molecule has 0 heteroatoms. The van der Waals surface area contributed by atoms with Crippen LogP contribution in [0.3, 0.4) is 0 Å². The average Bonchev–Trinajstić information content (AvgIpc) is 3.07. The first kappa shape index (κ1) is 13.1. The van der Waals surface area contributed by atoms with Gasteiger partial charge in [-0.2, -0.15) is 0 Å². The molecule has 2 aliphatic carbocycles. The van der Waals surface area contributed by atoms with Gasteiger partial charge in [0.2, 0.25) is 0 Å². The summed E-state index contributed by atoms with van der Waals surface area (Å²) in [5.74, 6) is 0.804. The van der Waals surface area contributed by atoms with Crippen molar-refractivity contribution in [2.45, 2.75) is 50.9 Å². The number of benzene rings is 2. The summed E-state index contributed by atoms with van der Waals surface area (Å²) in [5, 5.41) is 0. The standard InChI is InChI=1S/C21H24/c1-2-3-10-18-15-17-9-5-7-12-20(17)21(18)14-13-16-8-4-6-11-19(16)21/h4-9,11-12,18H,2-3,10,13-15H2,1H3. The third kappa shape index (κ3) is 1.81. The predicted octanol–water partition coefficient (Wildman–Crippen LogP) is 5.28. The number of rotatable bonds is 3. The Labute approximate surface area is 128 Å². The Morgan fingerprint density at radius 3 is 2.38 bits per heavy atom. The second kappa shape index (κ2) is 5.02. The molecule has 2 aromatic carbocycles. The fraction of sp³-hybridized carbons (Fsp3) is 0.429. The van der Waals surface area contributed by atoms with Crippen LogP contribution in [0.25, 0.3) is 0 Å². The molecule has 0 aliphatic heterocycles. The van der Waals surface area contributed by atoms with Crippen molar-refractivity contribution in [1.82, 2.24) is 0 Å². The highest BCUT2D eigenvalue weighted by atomic mass is 14.5. The molecule has 4 rings (SSSR count). The lowest BCUT2D eigenvalue weighted by atomic mass is 9.69. The Morgan fingerprint density at radius 1 is 0.952 bits per heavy atom. The predicted molar refractivity (Wildman–Crippen MR) is 88.7 cm³/mol. The third-order valence-electron chi connectivity index (χ3n) is 5.85. The zero-order chi connectivity index (χ0) is 14.3. The highest BCUT2D eigenvalue weighted by molar-refractivity contribution is 5.54. The molecule has 0 nitrogen and oxygen atoms in total. The van der Waals surface area contributed by atoms with Gasteiger partial charge in [0.25, 0.3) is 0 Å². The van der Waals surface area contributed by atoms with E-state index in [9.17, 15) is 0 Å². The molecule has 0 bridgehead atoms. The lowest BCUT2D eigenvalue weighted by Gasteiger charge is -2.34. The summed E-state index contributed by atoms with van der Waals surface area (Å²) < 4.78 is 0. The molecule has 0 fully saturated rings. The molecule has 1 spiro atoms. The maximum Gasteiger partial charge on any atom is 0.0242 e. The van der Waals surface area contributed by atoms with Gasteiger partial charge >= 0.3 is 0 Å². The topological polar surface area (TPSA) is 0 Å². The van der Waals surface area contributed by atoms with Gasteiger partial charge in [-0.1, -0.05) is 68.3 Å². The van der Waals surface area contributed by atoms with E-state index in [-0.39, 0.29) is 0 Å². The van der Waals surface area contributed by atoms with E-state index in [1.807, 2.05) is 0 Å². The van der Waals surface area contributed by atoms with E-state index in [0.29, 0.717) is 5.41 Å². The van der Waals surface area contributed by atoms with E-state index in [2.05, 4.69) is 55.5 Å². The zero-order valence-electron chi connectivity index (χ0n) is 12.9. The molecule has 0 saturated carbocycles. The molecule has 0 saturated heterocycles. The molecule has 2 unspecified atom stereocenters. The van der Waals surface area contributed by atoms with E-state index in [0.717, 1.165) is 5.92 Å². The van der Waals surface area contributed by atoms with E-state index in [1.165, 1.54) is 38.5 Å². The van der Waals surface area contributed by atoms with Crippen LogP contribution in [0.1, 0.15) is 54.9 Å². The van der Waals surface area contributed by atoms with Crippen molar-refractivity contribution in [3.05, 3.63) is 70.8 Å². The maximum absolute atomic E-state index is 2.41. The van der Waals surface area contributed by atoms with Crippen LogP contribution in [0.4, 0.5) is 0 Å². The number of hydrogen-bond acceptors (Lipinski definition) is 0. The van der Waals surface area contributed by atoms with Gasteiger partial charge in [0.15, 0.2) is 0 Å². The second-order valence-electron chi connectivity index (χ2n) is 6.83. The fourth-order valence-electron chi connectivity index (χ4n) is 4.94. The molecule has 0 heterocycles. The Kier molecular flexibility index (Phi) is 3.14. The quantitative estimate of drug-likeness (QED) is 0.715. The highest BCUT2D eigenvalue weighted by Gasteiger charge is 2.50. The van der Waals surface area contributed by atoms with Gasteiger partial charge < -0.3 is 0 Å². The largest absolute Gasteiger partial charge is 0.0654 e. The van der Waals surface area contributed by atoms with Gasteiger partial charge in [-0.25, -0.2) is 0 Å². The number of unbranched alkanes of at least 4 members (excludes halogenated alkanes) is 1. The second-order valence-corrected chi connectivity index (χ2v) is 6.83. The van der Waals surface area contributed by atoms with Crippen molar-refractivity contribution in [3.63, 3.8) is 0 Å². The molecule has 2 aliphatic rings. The molecule has 0 radical (unpaired) electrons. The monoisotopic (exact) mass is 276 g/mol. The van der Waals surface area contributed by atoms with Crippen molar-refractivity contribution < 1.29 is 0 Å². The van der Waals surface area contributed by atoms with E-state index in [1.54, 1.807) is 22.3 Å². The van der Waals surface area contributed by atoms with Crippen LogP contribution in [0.5, 0.6) is 0 Å². The summed E-state index contributed by atoms with van der Waals surface area (Å²) in [5.41, 5.74) is 6.79. The van der Waals surface area contributed by atoms with Crippen LogP contribution in [0, 0.1) is 5.92 Å². The summed E-state index contributed by atoms with van der Waals surface area (Å²) in [6, 6.07) is 18.4. The smallest absolute Gasteiger partial charge is 0.0242 e. The molecule has 2 atom stereocenters. The molecule has 108 valence electrons. The van der Waals surface area contributed by atoms with Crippen molar-refractivity contribution in [2.75, 3.05) is 0 Å². The van der Waals surface area contributed by atoms with Crippen molar-refractivity contribution in [1.29, 1.82) is 0 Å². The van der Waals surface area contributed by atoms with Crippen molar-refractivity contribution in [3.8, 4) is 0 Å². The first-order valence-electron chi connectivity index (χ1n) is 8.53. The van der Waals surface area contributed by atoms with E-state index >= 15 is 0 Å². The third-order valence-corrected chi connectivity index (χ3v) is 5.85. The minimum Gasteiger partial charge on any atom is -0.0654 e. The number of hydrogen-bond donors (Lipinski definition) is 0. The summed E-state index contributed by atoms with van der Waals surface area (Å²) in [6.07, 6.45) is 7.90. The summed E-state index contributed by atoms with van der Waals surface area (Å²) in [6.45, 7) is 2.32. The molecular formula is C21H24. The minimum absolute atomic E-state index is 0.322. The zero-order valence-corrected chi connectivity index (χ0v) is 12.9. The Balaban J connectivity index is 1.87. The molecule has 0 amide bonds. The molecule has 0 aromatic heterocycles. The van der Waals surface area contributed by atoms with E-state index in [4.69, 9.17) is 0 Å². The first-order chi connectivity index (χ1) is 10.4. The van der Waals surface area contributed by atoms with E-state index < -0.39 is 0 Å². The molecular weight excluding hydrogens is 252 g/mol.